The summed E-state index contributed by atoms with van der Waals surface area (Å²) in [7, 11) is 0. The molecular weight excluding hydrogens is 382 g/mol. The molecule has 0 fully saturated rings. The van der Waals surface area contributed by atoms with Gasteiger partial charge in [0.1, 0.15) is 12.4 Å². The van der Waals surface area contributed by atoms with Crippen LogP contribution in [0.2, 0.25) is 0 Å². The van der Waals surface area contributed by atoms with Gasteiger partial charge in [-0.25, -0.2) is 0 Å². The first-order valence-electron chi connectivity index (χ1n) is 6.02. The number of ether oxygens (including phenoxy) is 1. The van der Waals surface area contributed by atoms with E-state index in [0.717, 1.165) is 25.9 Å². The van der Waals surface area contributed by atoms with Crippen LogP contribution in [0.3, 0.4) is 0 Å². The average molecular weight is 395 g/mol. The van der Waals surface area contributed by atoms with Crippen molar-refractivity contribution < 1.29 is 4.74 Å². The molecule has 0 saturated heterocycles. The molecule has 0 spiro atoms. The van der Waals surface area contributed by atoms with Gasteiger partial charge in [-0.2, -0.15) is 0 Å². The highest BCUT2D eigenvalue weighted by atomic mass is 79.9. The highest BCUT2D eigenvalue weighted by Gasteiger charge is 2.07. The van der Waals surface area contributed by atoms with Crippen molar-refractivity contribution in [2.24, 2.45) is 4.99 Å². The van der Waals surface area contributed by atoms with E-state index in [1.54, 1.807) is 6.08 Å². The summed E-state index contributed by atoms with van der Waals surface area (Å²) >= 11 is 7.01. The molecule has 2 rings (SSSR count). The summed E-state index contributed by atoms with van der Waals surface area (Å²) in [6.07, 6.45) is 3.53. The van der Waals surface area contributed by atoms with Crippen LogP contribution < -0.4 is 4.74 Å². The molecule has 0 heterocycles. The molecule has 0 atom stereocenters. The molecule has 0 saturated carbocycles. The summed E-state index contributed by atoms with van der Waals surface area (Å²) in [6, 6.07) is 13.8. The third-order valence-corrected chi connectivity index (χ3v) is 3.66. The number of hydrogen-bond acceptors (Lipinski definition) is 2. The van der Waals surface area contributed by atoms with Crippen LogP contribution in [0.25, 0.3) is 0 Å². The maximum atomic E-state index is 5.58. The molecule has 2 aromatic rings. The summed E-state index contributed by atoms with van der Waals surface area (Å²) in [4.78, 5) is 4.43. The number of halogens is 2. The summed E-state index contributed by atoms with van der Waals surface area (Å²) in [5.74, 6) is 0.766. The van der Waals surface area contributed by atoms with Crippen molar-refractivity contribution in [1.29, 1.82) is 0 Å². The van der Waals surface area contributed by atoms with Crippen LogP contribution in [-0.2, 0) is 0 Å². The normalized spacial score (nSPS) is 10.7. The van der Waals surface area contributed by atoms with Crippen molar-refractivity contribution in [2.45, 2.75) is 0 Å². The fourth-order valence-corrected chi connectivity index (χ4v) is 3.05. The van der Waals surface area contributed by atoms with Crippen LogP contribution in [0.5, 0.6) is 5.75 Å². The number of benzene rings is 2. The minimum Gasteiger partial charge on any atom is -0.487 e. The Kier molecular flexibility index (Phi) is 5.56. The molecule has 2 aromatic carbocycles. The van der Waals surface area contributed by atoms with Crippen LogP contribution in [0.15, 0.2) is 69.1 Å². The first kappa shape index (κ1) is 15.0. The molecule has 0 aromatic heterocycles. The third kappa shape index (κ3) is 4.05. The molecule has 102 valence electrons. The third-order valence-electron chi connectivity index (χ3n) is 2.49. The van der Waals surface area contributed by atoms with E-state index in [1.165, 1.54) is 0 Å². The van der Waals surface area contributed by atoms with Gasteiger partial charge in [-0.05, 0) is 61.7 Å². The SMILES string of the molecule is C=CCOc1c(Br)cc(C=Nc2ccccc2)cc1Br. The second kappa shape index (κ2) is 7.41. The molecular formula is C16H13Br2NO. The number of rotatable bonds is 5. The Labute approximate surface area is 135 Å². The standard InChI is InChI=1S/C16H13Br2NO/c1-2-8-20-16-14(17)9-12(10-15(16)18)11-19-13-6-4-3-5-7-13/h2-7,9-11H,1,8H2. The maximum absolute atomic E-state index is 5.58. The maximum Gasteiger partial charge on any atom is 0.148 e. The topological polar surface area (TPSA) is 21.6 Å². The van der Waals surface area contributed by atoms with Crippen LogP contribution >= 0.6 is 31.9 Å². The average Bonchev–Trinajstić information content (AvgIpc) is 2.45. The minimum absolute atomic E-state index is 0.467. The van der Waals surface area contributed by atoms with Gasteiger partial charge in [0, 0.05) is 6.21 Å². The van der Waals surface area contributed by atoms with Crippen molar-refractivity contribution in [3.05, 3.63) is 69.6 Å². The number of hydrogen-bond donors (Lipinski definition) is 0. The van der Waals surface area contributed by atoms with Gasteiger partial charge in [0.05, 0.1) is 14.6 Å². The molecule has 0 aliphatic rings. The second-order valence-corrected chi connectivity index (χ2v) is 5.72. The summed E-state index contributed by atoms with van der Waals surface area (Å²) < 4.78 is 7.33. The number of nitrogens with zero attached hydrogens (tertiary/aromatic N) is 1. The van der Waals surface area contributed by atoms with Crippen molar-refractivity contribution in [2.75, 3.05) is 6.61 Å². The zero-order chi connectivity index (χ0) is 14.4. The first-order chi connectivity index (χ1) is 9.70. The molecule has 0 aliphatic heterocycles. The van der Waals surface area contributed by atoms with E-state index in [9.17, 15) is 0 Å². The van der Waals surface area contributed by atoms with Gasteiger partial charge < -0.3 is 4.74 Å². The van der Waals surface area contributed by atoms with Gasteiger partial charge in [0.25, 0.3) is 0 Å². The molecule has 0 unspecified atom stereocenters. The van der Waals surface area contributed by atoms with Gasteiger partial charge in [0.2, 0.25) is 0 Å². The quantitative estimate of drug-likeness (QED) is 0.482. The van der Waals surface area contributed by atoms with E-state index >= 15 is 0 Å². The molecule has 0 radical (unpaired) electrons. The van der Waals surface area contributed by atoms with Crippen molar-refractivity contribution >= 4 is 43.8 Å². The Morgan fingerprint density at radius 2 is 1.75 bits per heavy atom. The minimum atomic E-state index is 0.467. The highest BCUT2D eigenvalue weighted by molar-refractivity contribution is 9.11. The fourth-order valence-electron chi connectivity index (χ4n) is 1.60. The lowest BCUT2D eigenvalue weighted by atomic mass is 10.2. The predicted octanol–water partition coefficient (Wildman–Crippen LogP) is 5.53. The Morgan fingerprint density at radius 1 is 1.10 bits per heavy atom. The van der Waals surface area contributed by atoms with E-state index in [2.05, 4.69) is 43.4 Å². The van der Waals surface area contributed by atoms with E-state index in [4.69, 9.17) is 4.74 Å². The van der Waals surface area contributed by atoms with Crippen molar-refractivity contribution in [1.82, 2.24) is 0 Å². The van der Waals surface area contributed by atoms with Crippen LogP contribution in [0.1, 0.15) is 5.56 Å². The van der Waals surface area contributed by atoms with Gasteiger partial charge in [0.15, 0.2) is 0 Å². The lowest BCUT2D eigenvalue weighted by molar-refractivity contribution is 0.358. The van der Waals surface area contributed by atoms with Crippen LogP contribution in [-0.4, -0.2) is 12.8 Å². The van der Waals surface area contributed by atoms with Crippen LogP contribution in [0, 0.1) is 0 Å². The van der Waals surface area contributed by atoms with E-state index < -0.39 is 0 Å². The van der Waals surface area contributed by atoms with Crippen molar-refractivity contribution in [3.63, 3.8) is 0 Å². The van der Waals surface area contributed by atoms with Gasteiger partial charge in [-0.15, -0.1) is 0 Å². The molecule has 0 amide bonds. The summed E-state index contributed by atoms with van der Waals surface area (Å²) in [6.45, 7) is 4.11. The zero-order valence-electron chi connectivity index (χ0n) is 10.7. The molecule has 2 nitrogen and oxygen atoms in total. The Hall–Kier alpha value is -1.39. The molecule has 4 heteroatoms. The summed E-state index contributed by atoms with van der Waals surface area (Å²) in [5.41, 5.74) is 1.91. The molecule has 0 N–H and O–H groups in total. The van der Waals surface area contributed by atoms with Gasteiger partial charge >= 0.3 is 0 Å². The lowest BCUT2D eigenvalue weighted by Crippen LogP contribution is -1.96. The second-order valence-electron chi connectivity index (χ2n) is 4.01. The first-order valence-corrected chi connectivity index (χ1v) is 7.61. The number of para-hydroxylation sites is 1. The van der Waals surface area contributed by atoms with Gasteiger partial charge in [-0.3, -0.25) is 4.99 Å². The van der Waals surface area contributed by atoms with E-state index in [0.29, 0.717) is 6.61 Å². The highest BCUT2D eigenvalue weighted by Crippen LogP contribution is 2.34. The Morgan fingerprint density at radius 3 is 2.35 bits per heavy atom. The zero-order valence-corrected chi connectivity index (χ0v) is 13.9. The Balaban J connectivity index is 2.22. The lowest BCUT2D eigenvalue weighted by Gasteiger charge is -2.09. The van der Waals surface area contributed by atoms with Crippen molar-refractivity contribution in [3.8, 4) is 5.75 Å². The summed E-state index contributed by atoms with van der Waals surface area (Å²) in [5, 5.41) is 0. The largest absolute Gasteiger partial charge is 0.487 e. The van der Waals surface area contributed by atoms with Gasteiger partial charge in [-0.1, -0.05) is 30.9 Å². The van der Waals surface area contributed by atoms with E-state index in [-0.39, 0.29) is 0 Å². The molecule has 0 aliphatic carbocycles. The monoisotopic (exact) mass is 393 g/mol. The Bertz CT molecular complexity index is 601. The molecule has 0 bridgehead atoms. The molecule has 20 heavy (non-hydrogen) atoms. The smallest absolute Gasteiger partial charge is 0.148 e. The predicted molar refractivity (Wildman–Crippen MR) is 91.2 cm³/mol. The fraction of sp³-hybridized carbons (Fsp3) is 0.0625. The van der Waals surface area contributed by atoms with E-state index in [1.807, 2.05) is 48.7 Å². The number of aliphatic imine (C=N–C) groups is 1. The van der Waals surface area contributed by atoms with Crippen LogP contribution in [0.4, 0.5) is 5.69 Å².